The second-order valence-electron chi connectivity index (χ2n) is 3.06. The van der Waals surface area contributed by atoms with Gasteiger partial charge in [0, 0.05) is 5.69 Å². The van der Waals surface area contributed by atoms with Crippen molar-refractivity contribution in [2.45, 2.75) is 0 Å². The summed E-state index contributed by atoms with van der Waals surface area (Å²) >= 11 is 0. The average Bonchev–Trinajstić information content (AvgIpc) is 2.37. The highest BCUT2D eigenvalue weighted by atomic mass is 16.5. The number of benzene rings is 1. The lowest BCUT2D eigenvalue weighted by atomic mass is 10.2. The minimum atomic E-state index is -0.430. The number of hydrogen-bond acceptors (Lipinski definition) is 5. The smallest absolute Gasteiger partial charge is 0.337 e. The number of nitrogens with zero attached hydrogens (tertiary/aromatic N) is 2. The molecule has 88 valence electrons. The van der Waals surface area contributed by atoms with Gasteiger partial charge in [-0.15, -0.1) is 0 Å². The van der Waals surface area contributed by atoms with Crippen LogP contribution in [-0.4, -0.2) is 25.5 Å². The number of carbonyl (C=O) groups is 1. The van der Waals surface area contributed by atoms with E-state index in [-0.39, 0.29) is 6.54 Å². The number of carbonyl (C=O) groups excluding carboxylic acids is 1. The van der Waals surface area contributed by atoms with E-state index in [9.17, 15) is 4.79 Å². The Kier molecular flexibility index (Phi) is 4.66. The van der Waals surface area contributed by atoms with Gasteiger partial charge in [0.2, 0.25) is 6.19 Å². The van der Waals surface area contributed by atoms with E-state index < -0.39 is 5.97 Å². The van der Waals surface area contributed by atoms with Crippen LogP contribution in [0.3, 0.4) is 0 Å². The molecule has 0 saturated carbocycles. The van der Waals surface area contributed by atoms with Crippen molar-refractivity contribution < 1.29 is 9.53 Å². The third-order valence-electron chi connectivity index (χ3n) is 1.95. The zero-order chi connectivity index (χ0) is 12.7. The van der Waals surface area contributed by atoms with Crippen molar-refractivity contribution >= 4 is 17.5 Å². The number of amidine groups is 1. The summed E-state index contributed by atoms with van der Waals surface area (Å²) in [5.41, 5.74) is 6.42. The number of hydrogen-bond donors (Lipinski definition) is 2. The molecule has 0 aromatic heterocycles. The van der Waals surface area contributed by atoms with Crippen molar-refractivity contribution in [2.75, 3.05) is 19.0 Å². The molecule has 1 aromatic rings. The number of esters is 1. The van der Waals surface area contributed by atoms with Gasteiger partial charge in [0.25, 0.3) is 0 Å². The van der Waals surface area contributed by atoms with E-state index in [2.05, 4.69) is 15.0 Å². The standard InChI is InChI=1S/C11H12N4O2/c1-17-11(16)8-3-2-4-9(5-8)15-10(6-12)14-7-13/h2-5H,6,12H2,1H3,(H,14,15). The molecule has 0 fully saturated rings. The fraction of sp³-hybridized carbons (Fsp3) is 0.182. The third kappa shape index (κ3) is 3.59. The Morgan fingerprint density at radius 2 is 2.41 bits per heavy atom. The van der Waals surface area contributed by atoms with Gasteiger partial charge in [-0.2, -0.15) is 10.3 Å². The summed E-state index contributed by atoms with van der Waals surface area (Å²) in [6.45, 7) is 0.107. The molecule has 0 bridgehead atoms. The molecule has 1 rings (SSSR count). The minimum absolute atomic E-state index is 0.107. The molecule has 0 heterocycles. The summed E-state index contributed by atoms with van der Waals surface area (Å²) in [5.74, 6) is -0.102. The van der Waals surface area contributed by atoms with Crippen molar-refractivity contribution in [3.8, 4) is 6.19 Å². The van der Waals surface area contributed by atoms with Gasteiger partial charge >= 0.3 is 5.97 Å². The molecule has 0 aliphatic heterocycles. The first-order valence-electron chi connectivity index (χ1n) is 4.82. The first-order valence-corrected chi connectivity index (χ1v) is 4.82. The van der Waals surface area contributed by atoms with Crippen LogP contribution in [0.15, 0.2) is 29.3 Å². The number of rotatable bonds is 3. The summed E-state index contributed by atoms with van der Waals surface area (Å²) in [7, 11) is 1.31. The van der Waals surface area contributed by atoms with E-state index in [0.29, 0.717) is 17.1 Å². The highest BCUT2D eigenvalue weighted by Gasteiger charge is 2.06. The summed E-state index contributed by atoms with van der Waals surface area (Å²) in [6, 6.07) is 6.64. The van der Waals surface area contributed by atoms with Crippen LogP contribution in [0.1, 0.15) is 10.4 Å². The Balaban J connectivity index is 2.90. The molecule has 0 aliphatic rings. The van der Waals surface area contributed by atoms with Crippen LogP contribution in [0.2, 0.25) is 0 Å². The molecule has 3 N–H and O–H groups in total. The van der Waals surface area contributed by atoms with Crippen molar-refractivity contribution in [1.29, 1.82) is 5.26 Å². The number of nitriles is 1. The first kappa shape index (κ1) is 12.7. The minimum Gasteiger partial charge on any atom is -0.465 e. The molecule has 0 spiro atoms. The highest BCUT2D eigenvalue weighted by molar-refractivity contribution is 5.98. The van der Waals surface area contributed by atoms with Crippen LogP contribution in [0.4, 0.5) is 5.69 Å². The zero-order valence-corrected chi connectivity index (χ0v) is 9.30. The predicted molar refractivity (Wildman–Crippen MR) is 63.5 cm³/mol. The summed E-state index contributed by atoms with van der Waals surface area (Å²) in [4.78, 5) is 14.8. The maximum Gasteiger partial charge on any atom is 0.337 e. The Labute approximate surface area is 98.7 Å². The average molecular weight is 232 g/mol. The molecule has 0 atom stereocenters. The molecule has 6 nitrogen and oxygen atoms in total. The van der Waals surface area contributed by atoms with Gasteiger partial charge in [-0.05, 0) is 18.2 Å². The lowest BCUT2D eigenvalue weighted by Gasteiger charge is -2.07. The van der Waals surface area contributed by atoms with Crippen molar-refractivity contribution in [3.05, 3.63) is 29.8 Å². The SMILES string of the molecule is COC(=O)c1cccc(NC(CN)=NC#N)c1. The van der Waals surface area contributed by atoms with Gasteiger partial charge in [0.15, 0.2) is 0 Å². The molecule has 0 amide bonds. The number of ether oxygens (including phenoxy) is 1. The largest absolute Gasteiger partial charge is 0.465 e. The highest BCUT2D eigenvalue weighted by Crippen LogP contribution is 2.11. The van der Waals surface area contributed by atoms with Crippen LogP contribution in [0.25, 0.3) is 0 Å². The van der Waals surface area contributed by atoms with Gasteiger partial charge < -0.3 is 15.8 Å². The van der Waals surface area contributed by atoms with Crippen LogP contribution >= 0.6 is 0 Å². The molecule has 0 aliphatic carbocycles. The Hall–Kier alpha value is -2.39. The maximum absolute atomic E-state index is 11.3. The number of methoxy groups -OCH3 is 1. The Morgan fingerprint density at radius 1 is 1.65 bits per heavy atom. The van der Waals surface area contributed by atoms with Crippen LogP contribution in [0.5, 0.6) is 0 Å². The van der Waals surface area contributed by atoms with Gasteiger partial charge in [-0.1, -0.05) is 6.07 Å². The molecule has 6 heteroatoms. The number of aliphatic imine (C=N–C) groups is 1. The topological polar surface area (TPSA) is 100 Å². The number of nitrogens with two attached hydrogens (primary N) is 1. The van der Waals surface area contributed by atoms with Crippen molar-refractivity contribution in [2.24, 2.45) is 10.7 Å². The summed E-state index contributed by atoms with van der Waals surface area (Å²) < 4.78 is 4.60. The van der Waals surface area contributed by atoms with Crippen LogP contribution < -0.4 is 11.1 Å². The van der Waals surface area contributed by atoms with E-state index in [1.807, 2.05) is 0 Å². The zero-order valence-electron chi connectivity index (χ0n) is 9.30. The second kappa shape index (κ2) is 6.25. The molecule has 17 heavy (non-hydrogen) atoms. The first-order chi connectivity index (χ1) is 8.21. The van der Waals surface area contributed by atoms with Gasteiger partial charge in [-0.25, -0.2) is 4.79 Å². The fourth-order valence-corrected chi connectivity index (χ4v) is 1.19. The normalized spacial score (nSPS) is 10.5. The van der Waals surface area contributed by atoms with Crippen molar-refractivity contribution in [3.63, 3.8) is 0 Å². The van der Waals surface area contributed by atoms with E-state index in [1.54, 1.807) is 30.5 Å². The van der Waals surface area contributed by atoms with E-state index >= 15 is 0 Å². The molecular weight excluding hydrogens is 220 g/mol. The summed E-state index contributed by atoms with van der Waals surface area (Å²) in [5, 5.41) is 11.3. The van der Waals surface area contributed by atoms with E-state index in [4.69, 9.17) is 11.0 Å². The van der Waals surface area contributed by atoms with Gasteiger partial charge in [-0.3, -0.25) is 0 Å². The maximum atomic E-state index is 11.3. The number of nitrogens with one attached hydrogen (secondary N) is 1. The lowest BCUT2D eigenvalue weighted by molar-refractivity contribution is 0.0601. The van der Waals surface area contributed by atoms with E-state index in [1.165, 1.54) is 7.11 Å². The fourth-order valence-electron chi connectivity index (χ4n) is 1.19. The quantitative estimate of drug-likeness (QED) is 0.346. The molecule has 0 radical (unpaired) electrons. The molecular formula is C11H12N4O2. The lowest BCUT2D eigenvalue weighted by Crippen LogP contribution is -2.22. The predicted octanol–water partition coefficient (Wildman–Crippen LogP) is 0.723. The van der Waals surface area contributed by atoms with Crippen LogP contribution in [0, 0.1) is 11.5 Å². The Morgan fingerprint density at radius 3 is 3.00 bits per heavy atom. The third-order valence-corrected chi connectivity index (χ3v) is 1.95. The van der Waals surface area contributed by atoms with Gasteiger partial charge in [0.1, 0.15) is 5.84 Å². The number of anilines is 1. The summed E-state index contributed by atoms with van der Waals surface area (Å²) in [6.07, 6.45) is 1.64. The molecule has 0 unspecified atom stereocenters. The monoisotopic (exact) mass is 232 g/mol. The van der Waals surface area contributed by atoms with Crippen molar-refractivity contribution in [1.82, 2.24) is 0 Å². The molecule has 1 aromatic carbocycles. The molecule has 0 saturated heterocycles. The van der Waals surface area contributed by atoms with E-state index in [0.717, 1.165) is 0 Å². The van der Waals surface area contributed by atoms with Crippen LogP contribution in [-0.2, 0) is 4.74 Å². The Bertz CT molecular complexity index is 477. The van der Waals surface area contributed by atoms with Gasteiger partial charge in [0.05, 0.1) is 19.2 Å². The second-order valence-corrected chi connectivity index (χ2v) is 3.06.